The molecule has 0 radical (unpaired) electrons. The lowest BCUT2D eigenvalue weighted by Crippen LogP contribution is -2.17. The normalized spacial score (nSPS) is 9.06. The fourth-order valence-electron chi connectivity index (χ4n) is 1.27. The average Bonchev–Trinajstić information content (AvgIpc) is 2.35. The van der Waals surface area contributed by atoms with E-state index >= 15 is 0 Å². The molecule has 0 spiro atoms. The van der Waals surface area contributed by atoms with E-state index in [1.165, 1.54) is 0 Å². The van der Waals surface area contributed by atoms with E-state index in [4.69, 9.17) is 11.2 Å². The molecule has 0 unspecified atom stereocenters. The molecule has 0 aliphatic rings. The smallest absolute Gasteiger partial charge is 0.251 e. The van der Waals surface area contributed by atoms with Crippen molar-refractivity contribution in [1.82, 2.24) is 5.32 Å². The second-order valence-electron chi connectivity index (χ2n) is 3.05. The van der Waals surface area contributed by atoms with Gasteiger partial charge in [-0.15, -0.1) is 6.42 Å². The molecule has 1 aromatic carbocycles. The summed E-state index contributed by atoms with van der Waals surface area (Å²) in [5.41, 5.74) is 1.32. The first-order valence-corrected chi connectivity index (χ1v) is 4.80. The molecule has 0 heterocycles. The van der Waals surface area contributed by atoms with Gasteiger partial charge in [-0.2, -0.15) is 0 Å². The van der Waals surface area contributed by atoms with Crippen LogP contribution in [0.4, 0.5) is 5.69 Å². The summed E-state index contributed by atoms with van der Waals surface area (Å²) in [4.78, 5) is 11.4. The summed E-state index contributed by atoms with van der Waals surface area (Å²) < 4.78 is 5.17. The maximum absolute atomic E-state index is 11.4. The van der Waals surface area contributed by atoms with E-state index in [0.29, 0.717) is 17.9 Å². The number of carbonyl (C=O) groups excluding carboxylic acids is 1. The van der Waals surface area contributed by atoms with Crippen molar-refractivity contribution in [3.8, 4) is 18.1 Å². The van der Waals surface area contributed by atoms with Gasteiger partial charge in [0.2, 0.25) is 0 Å². The molecule has 4 nitrogen and oxygen atoms in total. The molecular formula is C12H14N2O2. The SMILES string of the molecule is C#CCNc1ccc(C(=O)NC)cc1OC. The fraction of sp³-hybridized carbons (Fsp3) is 0.250. The summed E-state index contributed by atoms with van der Waals surface area (Å²) in [7, 11) is 3.13. The molecule has 4 heteroatoms. The number of carbonyl (C=O) groups is 1. The maximum atomic E-state index is 11.4. The highest BCUT2D eigenvalue weighted by molar-refractivity contribution is 5.95. The van der Waals surface area contributed by atoms with Crippen molar-refractivity contribution in [1.29, 1.82) is 0 Å². The maximum Gasteiger partial charge on any atom is 0.251 e. The Labute approximate surface area is 95.0 Å². The molecule has 0 fully saturated rings. The van der Waals surface area contributed by atoms with Gasteiger partial charge in [0.25, 0.3) is 5.91 Å². The first-order valence-electron chi connectivity index (χ1n) is 4.80. The predicted molar refractivity (Wildman–Crippen MR) is 63.7 cm³/mol. The number of terminal acetylenes is 1. The molecule has 0 aromatic heterocycles. The van der Waals surface area contributed by atoms with Crippen LogP contribution in [-0.4, -0.2) is 26.6 Å². The van der Waals surface area contributed by atoms with Gasteiger partial charge in [-0.25, -0.2) is 0 Å². The minimum atomic E-state index is -0.151. The molecule has 0 aliphatic heterocycles. The second-order valence-corrected chi connectivity index (χ2v) is 3.05. The Morgan fingerprint density at radius 2 is 2.31 bits per heavy atom. The topological polar surface area (TPSA) is 50.4 Å². The molecular weight excluding hydrogens is 204 g/mol. The number of hydrogen-bond donors (Lipinski definition) is 2. The Kier molecular flexibility index (Phi) is 4.22. The number of nitrogens with one attached hydrogen (secondary N) is 2. The minimum Gasteiger partial charge on any atom is -0.495 e. The summed E-state index contributed by atoms with van der Waals surface area (Å²) in [5, 5.41) is 5.55. The summed E-state index contributed by atoms with van der Waals surface area (Å²) in [6.45, 7) is 0.412. The summed E-state index contributed by atoms with van der Waals surface area (Å²) >= 11 is 0. The highest BCUT2D eigenvalue weighted by Crippen LogP contribution is 2.25. The minimum absolute atomic E-state index is 0.151. The van der Waals surface area contributed by atoms with Gasteiger partial charge in [-0.05, 0) is 18.2 Å². The average molecular weight is 218 g/mol. The largest absolute Gasteiger partial charge is 0.495 e. The second kappa shape index (κ2) is 5.66. The molecule has 2 N–H and O–H groups in total. The quantitative estimate of drug-likeness (QED) is 0.744. The molecule has 1 rings (SSSR count). The fourth-order valence-corrected chi connectivity index (χ4v) is 1.27. The van der Waals surface area contributed by atoms with Crippen molar-refractivity contribution in [2.75, 3.05) is 26.0 Å². The highest BCUT2D eigenvalue weighted by atomic mass is 16.5. The van der Waals surface area contributed by atoms with E-state index in [2.05, 4.69) is 16.6 Å². The number of amides is 1. The van der Waals surface area contributed by atoms with Crippen LogP contribution in [0.15, 0.2) is 18.2 Å². The molecule has 0 bridgehead atoms. The monoisotopic (exact) mass is 218 g/mol. The van der Waals surface area contributed by atoms with E-state index in [0.717, 1.165) is 5.69 Å². The van der Waals surface area contributed by atoms with Gasteiger partial charge < -0.3 is 15.4 Å². The summed E-state index contributed by atoms with van der Waals surface area (Å²) in [6.07, 6.45) is 5.15. The van der Waals surface area contributed by atoms with Gasteiger partial charge in [-0.1, -0.05) is 5.92 Å². The third-order valence-corrected chi connectivity index (χ3v) is 2.07. The molecule has 84 valence electrons. The third kappa shape index (κ3) is 2.67. The van der Waals surface area contributed by atoms with E-state index < -0.39 is 0 Å². The van der Waals surface area contributed by atoms with Crippen LogP contribution in [0.3, 0.4) is 0 Å². The van der Waals surface area contributed by atoms with Crippen LogP contribution in [0.2, 0.25) is 0 Å². The van der Waals surface area contributed by atoms with Gasteiger partial charge in [0.05, 0.1) is 19.3 Å². The molecule has 0 saturated heterocycles. The zero-order valence-corrected chi connectivity index (χ0v) is 9.33. The Morgan fingerprint density at radius 1 is 1.56 bits per heavy atom. The van der Waals surface area contributed by atoms with Crippen LogP contribution in [0, 0.1) is 12.3 Å². The standard InChI is InChI=1S/C12H14N2O2/c1-4-7-14-10-6-5-9(12(15)13-2)8-11(10)16-3/h1,5-6,8,14H,7H2,2-3H3,(H,13,15). The first kappa shape index (κ1) is 11.9. The van der Waals surface area contributed by atoms with Crippen LogP contribution >= 0.6 is 0 Å². The van der Waals surface area contributed by atoms with Gasteiger partial charge in [0.15, 0.2) is 0 Å². The summed E-state index contributed by atoms with van der Waals surface area (Å²) in [6, 6.07) is 5.14. The van der Waals surface area contributed by atoms with Crippen LogP contribution in [0.25, 0.3) is 0 Å². The first-order chi connectivity index (χ1) is 7.72. The van der Waals surface area contributed by atoms with Crippen LogP contribution in [0.1, 0.15) is 10.4 Å². The lowest BCUT2D eigenvalue weighted by atomic mass is 10.1. The summed E-state index contributed by atoms with van der Waals surface area (Å²) in [5.74, 6) is 2.91. The van der Waals surface area contributed by atoms with Crippen molar-refractivity contribution >= 4 is 11.6 Å². The Bertz CT molecular complexity index is 422. The molecule has 0 saturated carbocycles. The molecule has 1 amide bonds. The van der Waals surface area contributed by atoms with Crippen molar-refractivity contribution in [3.63, 3.8) is 0 Å². The Morgan fingerprint density at radius 3 is 2.88 bits per heavy atom. The van der Waals surface area contributed by atoms with E-state index in [-0.39, 0.29) is 5.91 Å². The van der Waals surface area contributed by atoms with Gasteiger partial charge in [0.1, 0.15) is 5.75 Å². The number of hydrogen-bond acceptors (Lipinski definition) is 3. The van der Waals surface area contributed by atoms with Gasteiger partial charge in [-0.3, -0.25) is 4.79 Å². The van der Waals surface area contributed by atoms with Gasteiger partial charge >= 0.3 is 0 Å². The van der Waals surface area contributed by atoms with E-state index in [1.54, 1.807) is 32.4 Å². The van der Waals surface area contributed by atoms with E-state index in [9.17, 15) is 4.79 Å². The van der Waals surface area contributed by atoms with Crippen molar-refractivity contribution in [3.05, 3.63) is 23.8 Å². The van der Waals surface area contributed by atoms with Crippen molar-refractivity contribution in [2.45, 2.75) is 0 Å². The molecule has 16 heavy (non-hydrogen) atoms. The van der Waals surface area contributed by atoms with Crippen molar-refractivity contribution < 1.29 is 9.53 Å². The molecule has 1 aromatic rings. The van der Waals surface area contributed by atoms with Gasteiger partial charge in [0, 0.05) is 12.6 Å². The van der Waals surface area contributed by atoms with E-state index in [1.807, 2.05) is 0 Å². The highest BCUT2D eigenvalue weighted by Gasteiger charge is 2.08. The molecule has 0 aliphatic carbocycles. The molecule has 0 atom stereocenters. The van der Waals surface area contributed by atoms with Crippen LogP contribution < -0.4 is 15.4 Å². The van der Waals surface area contributed by atoms with Crippen LogP contribution in [0.5, 0.6) is 5.75 Å². The zero-order valence-electron chi connectivity index (χ0n) is 9.33. The number of rotatable bonds is 4. The Hall–Kier alpha value is -2.15. The number of anilines is 1. The third-order valence-electron chi connectivity index (χ3n) is 2.07. The predicted octanol–water partition coefficient (Wildman–Crippen LogP) is 1.10. The Balaban J connectivity index is 2.98. The number of ether oxygens (including phenoxy) is 1. The van der Waals surface area contributed by atoms with Crippen LogP contribution in [-0.2, 0) is 0 Å². The lowest BCUT2D eigenvalue weighted by molar-refractivity contribution is 0.0963. The number of methoxy groups -OCH3 is 1. The lowest BCUT2D eigenvalue weighted by Gasteiger charge is -2.10. The number of benzene rings is 1. The van der Waals surface area contributed by atoms with Crippen molar-refractivity contribution in [2.24, 2.45) is 0 Å². The zero-order chi connectivity index (χ0) is 12.0.